The molecular weight excluding hydrogens is 208 g/mol. The number of hydrogen-bond donors (Lipinski definition) is 1. The van der Waals surface area contributed by atoms with E-state index in [9.17, 15) is 0 Å². The van der Waals surface area contributed by atoms with Crippen LogP contribution in [0.5, 0.6) is 0 Å². The van der Waals surface area contributed by atoms with Gasteiger partial charge in [0.1, 0.15) is 0 Å². The van der Waals surface area contributed by atoms with Crippen molar-refractivity contribution in [2.45, 2.75) is 76.8 Å². The van der Waals surface area contributed by atoms with Gasteiger partial charge in [-0.3, -0.25) is 4.90 Å². The van der Waals surface area contributed by atoms with Crippen LogP contribution in [0.25, 0.3) is 0 Å². The van der Waals surface area contributed by atoms with Gasteiger partial charge < -0.3 is 5.73 Å². The van der Waals surface area contributed by atoms with Crippen LogP contribution in [0.1, 0.15) is 64.7 Å². The number of hydrogen-bond acceptors (Lipinski definition) is 2. The zero-order chi connectivity index (χ0) is 12.1. The molecule has 2 rings (SSSR count). The van der Waals surface area contributed by atoms with E-state index in [-0.39, 0.29) is 0 Å². The van der Waals surface area contributed by atoms with Crippen molar-refractivity contribution >= 4 is 0 Å². The van der Waals surface area contributed by atoms with E-state index in [1.54, 1.807) is 0 Å². The minimum atomic E-state index is 0.762. The smallest absolute Gasteiger partial charge is 0.0138 e. The quantitative estimate of drug-likeness (QED) is 0.749. The van der Waals surface area contributed by atoms with Crippen LogP contribution in [0, 0.1) is 5.92 Å². The minimum Gasteiger partial charge on any atom is -0.330 e. The zero-order valence-electron chi connectivity index (χ0n) is 11.5. The molecule has 1 saturated carbocycles. The molecule has 1 saturated heterocycles. The monoisotopic (exact) mass is 238 g/mol. The Balaban J connectivity index is 2.04. The Morgan fingerprint density at radius 3 is 2.47 bits per heavy atom. The van der Waals surface area contributed by atoms with E-state index in [1.807, 2.05) is 0 Å². The van der Waals surface area contributed by atoms with E-state index in [1.165, 1.54) is 64.3 Å². The summed E-state index contributed by atoms with van der Waals surface area (Å²) in [7, 11) is 0. The van der Waals surface area contributed by atoms with Crippen LogP contribution < -0.4 is 5.73 Å². The lowest BCUT2D eigenvalue weighted by atomic mass is 9.92. The molecule has 100 valence electrons. The highest BCUT2D eigenvalue weighted by Gasteiger charge is 2.31. The van der Waals surface area contributed by atoms with E-state index < -0.39 is 0 Å². The molecule has 3 atom stereocenters. The number of rotatable bonds is 2. The maximum Gasteiger partial charge on any atom is 0.0138 e. The van der Waals surface area contributed by atoms with Gasteiger partial charge in [-0.05, 0) is 51.6 Å². The van der Waals surface area contributed by atoms with Gasteiger partial charge in [0.25, 0.3) is 0 Å². The SMILES string of the molecule is CC1CCCCCN1C1CCCCCC1CN. The standard InChI is InChI=1S/C15H30N2/c1-13-8-4-3-7-11-17(13)15-10-6-2-5-9-14(15)12-16/h13-15H,2-12,16H2,1H3. The number of nitrogens with two attached hydrogens (primary N) is 1. The largest absolute Gasteiger partial charge is 0.330 e. The van der Waals surface area contributed by atoms with E-state index in [0.29, 0.717) is 0 Å². The van der Waals surface area contributed by atoms with Gasteiger partial charge in [0, 0.05) is 12.1 Å². The van der Waals surface area contributed by atoms with Gasteiger partial charge in [-0.25, -0.2) is 0 Å². The van der Waals surface area contributed by atoms with Gasteiger partial charge in [0.05, 0.1) is 0 Å². The number of nitrogens with zero attached hydrogens (tertiary/aromatic N) is 1. The molecule has 2 heteroatoms. The molecule has 2 aliphatic rings. The van der Waals surface area contributed by atoms with Gasteiger partial charge in [-0.1, -0.05) is 32.1 Å². The van der Waals surface area contributed by atoms with Crippen LogP contribution >= 0.6 is 0 Å². The first-order valence-electron chi connectivity index (χ1n) is 7.78. The molecule has 2 nitrogen and oxygen atoms in total. The average molecular weight is 238 g/mol. The molecule has 0 aromatic carbocycles. The van der Waals surface area contributed by atoms with Gasteiger partial charge in [-0.15, -0.1) is 0 Å². The van der Waals surface area contributed by atoms with Crippen molar-refractivity contribution in [1.29, 1.82) is 0 Å². The van der Waals surface area contributed by atoms with Crippen molar-refractivity contribution in [3.63, 3.8) is 0 Å². The molecule has 2 N–H and O–H groups in total. The first-order valence-corrected chi connectivity index (χ1v) is 7.78. The Morgan fingerprint density at radius 2 is 1.65 bits per heavy atom. The van der Waals surface area contributed by atoms with Crippen LogP contribution in [-0.4, -0.2) is 30.1 Å². The molecule has 0 aromatic rings. The lowest BCUT2D eigenvalue weighted by Gasteiger charge is -2.39. The fourth-order valence-corrected chi connectivity index (χ4v) is 3.87. The van der Waals surface area contributed by atoms with Crippen molar-refractivity contribution in [2.75, 3.05) is 13.1 Å². The molecule has 0 spiro atoms. The molecule has 2 fully saturated rings. The predicted molar refractivity (Wildman–Crippen MR) is 74.1 cm³/mol. The van der Waals surface area contributed by atoms with Crippen LogP contribution in [0.15, 0.2) is 0 Å². The topological polar surface area (TPSA) is 29.3 Å². The second kappa shape index (κ2) is 6.75. The zero-order valence-corrected chi connectivity index (χ0v) is 11.5. The lowest BCUT2D eigenvalue weighted by Crippen LogP contribution is -2.47. The fraction of sp³-hybridized carbons (Fsp3) is 1.00. The second-order valence-corrected chi connectivity index (χ2v) is 6.14. The third-order valence-corrected chi connectivity index (χ3v) is 4.95. The van der Waals surface area contributed by atoms with E-state index in [4.69, 9.17) is 5.73 Å². The third-order valence-electron chi connectivity index (χ3n) is 4.95. The first-order chi connectivity index (χ1) is 8.33. The van der Waals surface area contributed by atoms with Crippen molar-refractivity contribution in [2.24, 2.45) is 11.7 Å². The van der Waals surface area contributed by atoms with Crippen molar-refractivity contribution in [3.8, 4) is 0 Å². The van der Waals surface area contributed by atoms with Crippen LogP contribution in [0.2, 0.25) is 0 Å². The predicted octanol–water partition coefficient (Wildman–Crippen LogP) is 3.16. The highest BCUT2D eigenvalue weighted by molar-refractivity contribution is 4.86. The molecule has 0 bridgehead atoms. The molecule has 1 aliphatic heterocycles. The van der Waals surface area contributed by atoms with Crippen molar-refractivity contribution < 1.29 is 0 Å². The molecule has 3 unspecified atom stereocenters. The minimum absolute atomic E-state index is 0.762. The van der Waals surface area contributed by atoms with Gasteiger partial charge >= 0.3 is 0 Å². The van der Waals surface area contributed by atoms with Crippen molar-refractivity contribution in [3.05, 3.63) is 0 Å². The molecule has 1 heterocycles. The van der Waals surface area contributed by atoms with Gasteiger partial charge in [-0.2, -0.15) is 0 Å². The van der Waals surface area contributed by atoms with Gasteiger partial charge in [0.15, 0.2) is 0 Å². The van der Waals surface area contributed by atoms with Crippen LogP contribution in [-0.2, 0) is 0 Å². The summed E-state index contributed by atoms with van der Waals surface area (Å²) in [6.07, 6.45) is 12.7. The Bertz CT molecular complexity index is 217. The summed E-state index contributed by atoms with van der Waals surface area (Å²) >= 11 is 0. The van der Waals surface area contributed by atoms with Gasteiger partial charge in [0.2, 0.25) is 0 Å². The maximum atomic E-state index is 6.03. The van der Waals surface area contributed by atoms with E-state index in [2.05, 4.69) is 11.8 Å². The summed E-state index contributed by atoms with van der Waals surface area (Å²) < 4.78 is 0. The molecule has 0 amide bonds. The first kappa shape index (κ1) is 13.4. The summed E-state index contributed by atoms with van der Waals surface area (Å²) in [5.41, 5.74) is 6.03. The fourth-order valence-electron chi connectivity index (χ4n) is 3.87. The highest BCUT2D eigenvalue weighted by atomic mass is 15.2. The molecule has 0 aromatic heterocycles. The van der Waals surface area contributed by atoms with Crippen LogP contribution in [0.3, 0.4) is 0 Å². The molecular formula is C15H30N2. The Morgan fingerprint density at radius 1 is 0.941 bits per heavy atom. The normalized spacial score (nSPS) is 37.4. The third kappa shape index (κ3) is 3.45. The molecule has 17 heavy (non-hydrogen) atoms. The summed E-state index contributed by atoms with van der Waals surface area (Å²) in [6.45, 7) is 4.65. The Hall–Kier alpha value is -0.0800. The lowest BCUT2D eigenvalue weighted by molar-refractivity contribution is 0.0974. The number of likely N-dealkylation sites (tertiary alicyclic amines) is 1. The average Bonchev–Trinajstić information content (AvgIpc) is 2.68. The van der Waals surface area contributed by atoms with Crippen molar-refractivity contribution in [1.82, 2.24) is 4.90 Å². The summed E-state index contributed by atoms with van der Waals surface area (Å²) in [5, 5.41) is 0. The molecule has 1 aliphatic carbocycles. The highest BCUT2D eigenvalue weighted by Crippen LogP contribution is 2.30. The Kier molecular flexibility index (Phi) is 5.30. The second-order valence-electron chi connectivity index (χ2n) is 6.14. The summed E-state index contributed by atoms with van der Waals surface area (Å²) in [6, 6.07) is 1.57. The van der Waals surface area contributed by atoms with Crippen LogP contribution in [0.4, 0.5) is 0 Å². The summed E-state index contributed by atoms with van der Waals surface area (Å²) in [5.74, 6) is 0.762. The Labute approximate surface area is 107 Å². The molecule has 0 radical (unpaired) electrons. The van der Waals surface area contributed by atoms with E-state index in [0.717, 1.165) is 24.5 Å². The van der Waals surface area contributed by atoms with E-state index >= 15 is 0 Å². The maximum absolute atomic E-state index is 6.03. The summed E-state index contributed by atoms with van der Waals surface area (Å²) in [4.78, 5) is 2.82.